The van der Waals surface area contributed by atoms with Gasteiger partial charge in [0.05, 0.1) is 4.75 Å². The Hall–Kier alpha value is -2.44. The van der Waals surface area contributed by atoms with Gasteiger partial charge in [0, 0.05) is 37.9 Å². The number of anilines is 1. The highest BCUT2D eigenvalue weighted by molar-refractivity contribution is 8.14. The van der Waals surface area contributed by atoms with Crippen molar-refractivity contribution in [2.45, 2.75) is 68.8 Å². The number of aromatic nitrogens is 1. The first-order chi connectivity index (χ1) is 17.7. The van der Waals surface area contributed by atoms with Crippen molar-refractivity contribution in [3.63, 3.8) is 0 Å². The number of rotatable bonds is 8. The molecule has 12 heteroatoms. The minimum Gasteiger partial charge on any atom is -0.443 e. The first kappa shape index (κ1) is 28.6. The number of nitrogens with zero attached hydrogens (tertiary/aromatic N) is 3. The molecule has 1 aromatic carbocycles. The van der Waals surface area contributed by atoms with E-state index in [0.29, 0.717) is 18.7 Å². The van der Waals surface area contributed by atoms with Gasteiger partial charge in [-0.05, 0) is 51.4 Å². The van der Waals surface area contributed by atoms with Gasteiger partial charge in [0.15, 0.2) is 5.17 Å². The number of benzene rings is 1. The Morgan fingerprint density at radius 1 is 1.32 bits per heavy atom. The van der Waals surface area contributed by atoms with Crippen LogP contribution in [0.15, 0.2) is 40.0 Å². The van der Waals surface area contributed by atoms with Crippen molar-refractivity contribution in [2.24, 2.45) is 10.9 Å². The topological polar surface area (TPSA) is 103 Å². The highest BCUT2D eigenvalue weighted by Crippen LogP contribution is 2.71. The van der Waals surface area contributed by atoms with Gasteiger partial charge < -0.3 is 19.7 Å². The summed E-state index contributed by atoms with van der Waals surface area (Å²) in [5.41, 5.74) is 4.47. The zero-order valence-electron chi connectivity index (χ0n) is 22.7. The molecular formula is C26H36F2N4O4SSi. The van der Waals surface area contributed by atoms with Gasteiger partial charge in [-0.25, -0.2) is 23.5 Å². The Balaban J connectivity index is 1.79. The maximum absolute atomic E-state index is 15.3. The molecule has 0 spiro atoms. The van der Waals surface area contributed by atoms with Crippen LogP contribution in [0.3, 0.4) is 0 Å². The summed E-state index contributed by atoms with van der Waals surface area (Å²) in [7, 11) is -1.39. The predicted molar refractivity (Wildman–Crippen MR) is 147 cm³/mol. The number of halogens is 2. The molecule has 2 aliphatic rings. The molecular weight excluding hydrogens is 530 g/mol. The van der Waals surface area contributed by atoms with Crippen LogP contribution < -0.4 is 5.73 Å². The first-order valence-corrected chi connectivity index (χ1v) is 17.1. The molecule has 2 N–H and O–H groups in total. The van der Waals surface area contributed by atoms with Gasteiger partial charge >= 0.3 is 6.09 Å². The third-order valence-corrected chi connectivity index (χ3v) is 9.87. The van der Waals surface area contributed by atoms with E-state index < -0.39 is 48.5 Å². The quantitative estimate of drug-likeness (QED) is 0.177. The van der Waals surface area contributed by atoms with Crippen LogP contribution in [-0.4, -0.2) is 55.0 Å². The molecule has 38 heavy (non-hydrogen) atoms. The minimum atomic E-state index is -1.63. The van der Waals surface area contributed by atoms with Crippen molar-refractivity contribution in [1.82, 2.24) is 10.1 Å². The second-order valence-electron chi connectivity index (χ2n) is 12.1. The van der Waals surface area contributed by atoms with Crippen LogP contribution in [0.5, 0.6) is 0 Å². The van der Waals surface area contributed by atoms with Crippen LogP contribution in [-0.2, 0) is 19.8 Å². The highest BCUT2D eigenvalue weighted by Gasteiger charge is 2.71. The second kappa shape index (κ2) is 10.3. The number of thioether (sulfide) groups is 1. The van der Waals surface area contributed by atoms with Crippen molar-refractivity contribution < 1.29 is 27.6 Å². The fourth-order valence-electron chi connectivity index (χ4n) is 4.58. The predicted octanol–water partition coefficient (Wildman–Crippen LogP) is 6.13. The number of carbonyl (C=O) groups is 1. The van der Waals surface area contributed by atoms with Crippen LogP contribution in [0.25, 0.3) is 0 Å². The van der Waals surface area contributed by atoms with E-state index in [1.807, 2.05) is 0 Å². The van der Waals surface area contributed by atoms with Gasteiger partial charge in [-0.3, -0.25) is 0 Å². The van der Waals surface area contributed by atoms with Crippen molar-refractivity contribution in [3.05, 3.63) is 47.6 Å². The minimum absolute atomic E-state index is 0.0389. The van der Waals surface area contributed by atoms with Gasteiger partial charge in [-0.1, -0.05) is 36.6 Å². The number of hydrogen-bond donors (Lipinski definition) is 1. The number of amides is 1. The Morgan fingerprint density at radius 3 is 2.66 bits per heavy atom. The van der Waals surface area contributed by atoms with Crippen LogP contribution in [0.2, 0.25) is 25.7 Å². The molecule has 4 rings (SSSR count). The number of fused-ring (bicyclic) bond motifs is 1. The summed E-state index contributed by atoms with van der Waals surface area (Å²) in [6, 6.07) is 6.65. The number of carbonyl (C=O) groups excluding carboxylic acids is 1. The Bertz CT molecular complexity index is 1200. The zero-order chi connectivity index (χ0) is 27.9. The molecule has 2 aromatic rings. The summed E-state index contributed by atoms with van der Waals surface area (Å²) in [5, 5.41) is 4.30. The fraction of sp³-hybridized carbons (Fsp3) is 0.577. The van der Waals surface area contributed by atoms with E-state index in [1.54, 1.807) is 26.8 Å². The molecule has 1 aliphatic heterocycles. The fourth-order valence-corrected chi connectivity index (χ4v) is 6.91. The van der Waals surface area contributed by atoms with Gasteiger partial charge in [-0.2, -0.15) is 0 Å². The summed E-state index contributed by atoms with van der Waals surface area (Å²) < 4.78 is 46.4. The molecule has 1 saturated carbocycles. The SMILES string of the molecule is CC(C)(C)OC(=O)N(COCC[Si](C)(C)C)C1=N[C@](CF)(c2cc(N)ccc2F)C2C[C@]2(c2ccon2)S1. The number of ether oxygens (including phenoxy) is 2. The van der Waals surface area contributed by atoms with E-state index in [2.05, 4.69) is 24.8 Å². The molecule has 0 saturated heterocycles. The lowest BCUT2D eigenvalue weighted by atomic mass is 9.84. The normalized spacial score (nSPS) is 24.9. The summed E-state index contributed by atoms with van der Waals surface area (Å²) in [6.45, 7) is 11.3. The third-order valence-electron chi connectivity index (χ3n) is 6.65. The number of alkyl halides is 1. The van der Waals surface area contributed by atoms with Crippen molar-refractivity contribution in [3.8, 4) is 0 Å². The van der Waals surface area contributed by atoms with E-state index in [9.17, 15) is 4.79 Å². The molecule has 0 bridgehead atoms. The summed E-state index contributed by atoms with van der Waals surface area (Å²) in [4.78, 5) is 19.5. The standard InChI is InChI=1S/C26H36F2N4O4SSi/c1-24(2,3)36-23(33)32(16-34-11-12-38(4,5)6)22-30-25(15-27,18-13-17(29)7-8-19(18)28)20-14-26(20,37-22)21-9-10-35-31-21/h7-10,13,20H,11-12,14-16,29H2,1-6H3/t20?,25-,26+/m1/s1. The zero-order valence-corrected chi connectivity index (χ0v) is 24.5. The van der Waals surface area contributed by atoms with E-state index in [4.69, 9.17) is 24.7 Å². The van der Waals surface area contributed by atoms with Crippen LogP contribution >= 0.6 is 11.8 Å². The largest absolute Gasteiger partial charge is 0.443 e. The average Bonchev–Trinajstić information content (AvgIpc) is 3.30. The Kier molecular flexibility index (Phi) is 7.72. The van der Waals surface area contributed by atoms with Crippen LogP contribution in [0.1, 0.15) is 38.4 Å². The molecule has 1 aromatic heterocycles. The number of nitrogen functional groups attached to an aromatic ring is 1. The maximum atomic E-state index is 15.3. The highest BCUT2D eigenvalue weighted by atomic mass is 32.2. The second-order valence-corrected chi connectivity index (χ2v) is 19.0. The van der Waals surface area contributed by atoms with Gasteiger partial charge in [0.2, 0.25) is 0 Å². The molecule has 0 radical (unpaired) electrons. The average molecular weight is 567 g/mol. The lowest BCUT2D eigenvalue weighted by molar-refractivity contribution is 0.0109. The monoisotopic (exact) mass is 566 g/mol. The first-order valence-electron chi connectivity index (χ1n) is 12.6. The summed E-state index contributed by atoms with van der Waals surface area (Å²) in [5.74, 6) is -1.06. The van der Waals surface area contributed by atoms with E-state index in [0.717, 1.165) is 6.04 Å². The molecule has 8 nitrogen and oxygen atoms in total. The number of aliphatic imine (C=N–C) groups is 1. The molecule has 1 fully saturated rings. The number of amidine groups is 1. The lowest BCUT2D eigenvalue weighted by Crippen LogP contribution is -2.46. The van der Waals surface area contributed by atoms with Crippen molar-refractivity contribution in [2.75, 3.05) is 25.7 Å². The summed E-state index contributed by atoms with van der Waals surface area (Å²) in [6.07, 6.45) is 1.20. The lowest BCUT2D eigenvalue weighted by Gasteiger charge is -2.38. The maximum Gasteiger partial charge on any atom is 0.418 e. The van der Waals surface area contributed by atoms with E-state index in [1.165, 1.54) is 41.1 Å². The number of hydrogen-bond acceptors (Lipinski definition) is 8. The molecule has 3 atom stereocenters. The molecule has 1 amide bonds. The Labute approximate surface area is 227 Å². The molecule has 1 aliphatic carbocycles. The molecule has 2 heterocycles. The number of nitrogens with two attached hydrogens (primary N) is 1. The van der Waals surface area contributed by atoms with Gasteiger partial charge in [0.1, 0.15) is 42.3 Å². The smallest absolute Gasteiger partial charge is 0.418 e. The van der Waals surface area contributed by atoms with E-state index >= 15 is 8.78 Å². The van der Waals surface area contributed by atoms with Gasteiger partial charge in [-0.15, -0.1) is 0 Å². The molecule has 1 unspecified atom stereocenters. The Morgan fingerprint density at radius 2 is 2.05 bits per heavy atom. The van der Waals surface area contributed by atoms with Gasteiger partial charge in [0.25, 0.3) is 0 Å². The van der Waals surface area contributed by atoms with Crippen LogP contribution in [0.4, 0.5) is 19.3 Å². The van der Waals surface area contributed by atoms with Crippen molar-refractivity contribution in [1.29, 1.82) is 0 Å². The van der Waals surface area contributed by atoms with Crippen LogP contribution in [0, 0.1) is 11.7 Å². The van der Waals surface area contributed by atoms with E-state index in [-0.39, 0.29) is 23.1 Å². The third kappa shape index (κ3) is 5.76. The molecule has 208 valence electrons. The summed E-state index contributed by atoms with van der Waals surface area (Å²) >= 11 is 1.27. The van der Waals surface area contributed by atoms with Crippen molar-refractivity contribution >= 4 is 36.8 Å².